The number of carbonyl (C=O) groups excluding carboxylic acids is 3. The Bertz CT molecular complexity index is 751. The maximum Gasteiger partial charge on any atom is 0.243 e. The van der Waals surface area contributed by atoms with Crippen molar-refractivity contribution >= 4 is 29.5 Å². The fourth-order valence-electron chi connectivity index (χ4n) is 3.90. The lowest BCUT2D eigenvalue weighted by Gasteiger charge is -2.34. The molecule has 0 radical (unpaired) electrons. The molecule has 0 aromatic heterocycles. The second kappa shape index (κ2) is 12.8. The van der Waals surface area contributed by atoms with Gasteiger partial charge in [-0.3, -0.25) is 14.4 Å². The zero-order valence-corrected chi connectivity index (χ0v) is 20.5. The number of likely N-dealkylation sites (tertiary alicyclic amines) is 1. The van der Waals surface area contributed by atoms with Gasteiger partial charge in [-0.05, 0) is 49.7 Å². The van der Waals surface area contributed by atoms with Crippen LogP contribution in [0.1, 0.15) is 51.6 Å². The smallest absolute Gasteiger partial charge is 0.243 e. The molecule has 1 heterocycles. The molecule has 32 heavy (non-hydrogen) atoms. The number of hydrogen-bond donors (Lipinski definition) is 3. The third-order valence-electron chi connectivity index (χ3n) is 6.03. The van der Waals surface area contributed by atoms with Crippen LogP contribution in [-0.4, -0.2) is 59.8 Å². The highest BCUT2D eigenvalue weighted by Gasteiger charge is 2.32. The second-order valence-electron chi connectivity index (χ2n) is 8.86. The van der Waals surface area contributed by atoms with Gasteiger partial charge in [-0.25, -0.2) is 0 Å². The molecular formula is C24H38N4O3S. The van der Waals surface area contributed by atoms with Gasteiger partial charge < -0.3 is 21.3 Å². The van der Waals surface area contributed by atoms with Crippen molar-refractivity contribution in [2.45, 2.75) is 58.2 Å². The molecule has 1 saturated heterocycles. The van der Waals surface area contributed by atoms with E-state index in [4.69, 9.17) is 5.73 Å². The van der Waals surface area contributed by atoms with Crippen LogP contribution >= 0.6 is 11.8 Å². The van der Waals surface area contributed by atoms with Gasteiger partial charge in [0.05, 0.1) is 12.1 Å². The maximum atomic E-state index is 12.9. The van der Waals surface area contributed by atoms with Crippen LogP contribution in [0.4, 0.5) is 0 Å². The van der Waals surface area contributed by atoms with Crippen molar-refractivity contribution in [2.24, 2.45) is 17.6 Å². The summed E-state index contributed by atoms with van der Waals surface area (Å²) in [5, 5.41) is 5.97. The molecule has 7 nitrogen and oxygen atoms in total. The monoisotopic (exact) mass is 462 g/mol. The third kappa shape index (κ3) is 7.52. The molecule has 1 fully saturated rings. The highest BCUT2D eigenvalue weighted by Crippen LogP contribution is 2.20. The average molecular weight is 463 g/mol. The molecule has 1 aromatic carbocycles. The summed E-state index contributed by atoms with van der Waals surface area (Å²) in [6, 6.07) is 8.52. The van der Waals surface area contributed by atoms with Gasteiger partial charge in [0.2, 0.25) is 17.7 Å². The van der Waals surface area contributed by atoms with Crippen molar-refractivity contribution in [3.63, 3.8) is 0 Å². The number of hydrogen-bond acceptors (Lipinski definition) is 5. The zero-order valence-electron chi connectivity index (χ0n) is 19.7. The maximum absolute atomic E-state index is 12.9. The first-order valence-electron chi connectivity index (χ1n) is 11.4. The van der Waals surface area contributed by atoms with Crippen molar-refractivity contribution in [3.8, 4) is 0 Å². The van der Waals surface area contributed by atoms with E-state index in [0.717, 1.165) is 11.3 Å². The number of nitrogens with zero attached hydrogens (tertiary/aromatic N) is 1. The van der Waals surface area contributed by atoms with E-state index < -0.39 is 12.1 Å². The summed E-state index contributed by atoms with van der Waals surface area (Å²) in [7, 11) is 0. The molecule has 0 aliphatic carbocycles. The van der Waals surface area contributed by atoms with E-state index in [1.807, 2.05) is 57.4 Å². The average Bonchev–Trinajstić information content (AvgIpc) is 2.80. The summed E-state index contributed by atoms with van der Waals surface area (Å²) < 4.78 is 0. The van der Waals surface area contributed by atoms with E-state index in [1.165, 1.54) is 0 Å². The van der Waals surface area contributed by atoms with Crippen LogP contribution in [0.5, 0.6) is 0 Å². The predicted octanol–water partition coefficient (Wildman–Crippen LogP) is 2.32. The Morgan fingerprint density at radius 2 is 1.72 bits per heavy atom. The first-order chi connectivity index (χ1) is 15.2. The van der Waals surface area contributed by atoms with E-state index in [2.05, 4.69) is 10.6 Å². The van der Waals surface area contributed by atoms with Crippen molar-refractivity contribution in [3.05, 3.63) is 35.9 Å². The van der Waals surface area contributed by atoms with Gasteiger partial charge in [0.1, 0.15) is 6.04 Å². The lowest BCUT2D eigenvalue weighted by atomic mass is 9.93. The Morgan fingerprint density at radius 3 is 2.28 bits per heavy atom. The van der Waals surface area contributed by atoms with Crippen LogP contribution in [0, 0.1) is 11.8 Å². The molecule has 1 aliphatic rings. The normalized spacial score (nSPS) is 17.5. The number of rotatable bonds is 10. The Morgan fingerprint density at radius 1 is 1.09 bits per heavy atom. The fourth-order valence-corrected chi connectivity index (χ4v) is 4.39. The minimum Gasteiger partial charge on any atom is -0.348 e. The highest BCUT2D eigenvalue weighted by molar-refractivity contribution is 7.98. The van der Waals surface area contributed by atoms with Crippen molar-refractivity contribution < 1.29 is 14.4 Å². The molecule has 8 heteroatoms. The number of benzene rings is 1. The summed E-state index contributed by atoms with van der Waals surface area (Å²) >= 11 is 1.67. The van der Waals surface area contributed by atoms with Crippen molar-refractivity contribution in [1.29, 1.82) is 0 Å². The minimum absolute atomic E-state index is 0.0350. The summed E-state index contributed by atoms with van der Waals surface area (Å²) in [4.78, 5) is 40.1. The Hall–Kier alpha value is -2.06. The number of amides is 3. The Labute approximate surface area is 196 Å². The van der Waals surface area contributed by atoms with Crippen LogP contribution in [-0.2, 0) is 14.4 Å². The molecular weight excluding hydrogens is 424 g/mol. The zero-order chi connectivity index (χ0) is 23.7. The van der Waals surface area contributed by atoms with Crippen LogP contribution in [0.25, 0.3) is 0 Å². The standard InChI is InChI=1S/C24H38N4O3S/c1-16(2)21(23(30)26-17(3)18-8-6-5-7-9-18)27-22(29)19-10-13-28(14-11-19)24(31)20(25)12-15-32-4/h5-9,16-17,19-21H,10-15,25H2,1-4H3,(H,26,30)(H,27,29)/t17-,20+,21+/m1/s1. The molecule has 2 rings (SSSR count). The van der Waals surface area contributed by atoms with Gasteiger partial charge in [0, 0.05) is 19.0 Å². The lowest BCUT2D eigenvalue weighted by molar-refractivity contribution is -0.137. The van der Waals surface area contributed by atoms with Gasteiger partial charge >= 0.3 is 0 Å². The molecule has 4 N–H and O–H groups in total. The molecule has 3 amide bonds. The first kappa shape index (κ1) is 26.2. The number of nitrogens with two attached hydrogens (primary N) is 1. The Kier molecular flexibility index (Phi) is 10.5. The minimum atomic E-state index is -0.603. The number of nitrogens with one attached hydrogen (secondary N) is 2. The Balaban J connectivity index is 1.88. The molecule has 1 aliphatic heterocycles. The number of thioether (sulfide) groups is 1. The highest BCUT2D eigenvalue weighted by atomic mass is 32.2. The number of carbonyl (C=O) groups is 3. The third-order valence-corrected chi connectivity index (χ3v) is 6.68. The van der Waals surface area contributed by atoms with E-state index in [9.17, 15) is 14.4 Å². The van der Waals surface area contributed by atoms with E-state index >= 15 is 0 Å². The SMILES string of the molecule is CSCC[C@H](N)C(=O)N1CCC(C(=O)N[C@H](C(=O)N[C@H](C)c2ccccc2)C(C)C)CC1. The van der Waals surface area contributed by atoms with Gasteiger partial charge in [0.25, 0.3) is 0 Å². The van der Waals surface area contributed by atoms with Crippen molar-refractivity contribution in [1.82, 2.24) is 15.5 Å². The molecule has 0 bridgehead atoms. The van der Waals surface area contributed by atoms with Crippen LogP contribution in [0.3, 0.4) is 0 Å². The van der Waals surface area contributed by atoms with Gasteiger partial charge in [-0.1, -0.05) is 44.2 Å². The largest absolute Gasteiger partial charge is 0.348 e. The van der Waals surface area contributed by atoms with Crippen LogP contribution in [0.15, 0.2) is 30.3 Å². The van der Waals surface area contributed by atoms with E-state index in [1.54, 1.807) is 16.7 Å². The van der Waals surface area contributed by atoms with Crippen LogP contribution in [0.2, 0.25) is 0 Å². The summed E-state index contributed by atoms with van der Waals surface area (Å²) in [5.41, 5.74) is 7.03. The molecule has 0 spiro atoms. The van der Waals surface area contributed by atoms with Crippen LogP contribution < -0.4 is 16.4 Å². The quantitative estimate of drug-likeness (QED) is 0.495. The topological polar surface area (TPSA) is 105 Å². The van der Waals surface area contributed by atoms with Gasteiger partial charge in [0.15, 0.2) is 0 Å². The van der Waals surface area contributed by atoms with Crippen molar-refractivity contribution in [2.75, 3.05) is 25.1 Å². The molecule has 0 unspecified atom stereocenters. The summed E-state index contributed by atoms with van der Waals surface area (Å²) in [6.45, 7) is 6.83. The van der Waals surface area contributed by atoms with Gasteiger partial charge in [-0.15, -0.1) is 0 Å². The summed E-state index contributed by atoms with van der Waals surface area (Å²) in [5.74, 6) is 0.266. The molecule has 178 valence electrons. The molecule has 1 aromatic rings. The predicted molar refractivity (Wildman–Crippen MR) is 130 cm³/mol. The summed E-state index contributed by atoms with van der Waals surface area (Å²) in [6.07, 6.45) is 3.82. The number of piperidine rings is 1. The fraction of sp³-hybridized carbons (Fsp3) is 0.625. The van der Waals surface area contributed by atoms with E-state index in [-0.39, 0.29) is 35.6 Å². The molecule has 3 atom stereocenters. The lowest BCUT2D eigenvalue weighted by Crippen LogP contribution is -2.53. The van der Waals surface area contributed by atoms with Gasteiger partial charge in [-0.2, -0.15) is 11.8 Å². The first-order valence-corrected chi connectivity index (χ1v) is 12.8. The molecule has 0 saturated carbocycles. The van der Waals surface area contributed by atoms with E-state index in [0.29, 0.717) is 32.4 Å². The second-order valence-corrected chi connectivity index (χ2v) is 9.84.